The van der Waals surface area contributed by atoms with Gasteiger partial charge < -0.3 is 15.5 Å². The molecule has 1 saturated heterocycles. The van der Waals surface area contributed by atoms with Gasteiger partial charge in [-0.3, -0.25) is 4.79 Å². The number of sulfone groups is 1. The number of hydrogen-bond acceptors (Lipinski definition) is 5. The van der Waals surface area contributed by atoms with Crippen LogP contribution in [-0.4, -0.2) is 40.5 Å². The van der Waals surface area contributed by atoms with Gasteiger partial charge in [-0.1, -0.05) is 18.2 Å². The molecule has 1 heterocycles. The summed E-state index contributed by atoms with van der Waals surface area (Å²) in [5.41, 5.74) is 1.22. The molecule has 1 aliphatic rings. The number of hydrogen-bond donors (Lipinski definition) is 2. The van der Waals surface area contributed by atoms with Crippen molar-refractivity contribution in [3.8, 4) is 0 Å². The molecule has 3 rings (SSSR count). The Morgan fingerprint density at radius 3 is 2.58 bits per heavy atom. The smallest absolute Gasteiger partial charge is 0.221 e. The molecule has 0 atom stereocenters. The molecule has 0 saturated carbocycles. The lowest BCUT2D eigenvalue weighted by Gasteiger charge is -2.24. The number of anilines is 2. The third-order valence-corrected chi connectivity index (χ3v) is 6.15. The van der Waals surface area contributed by atoms with E-state index in [9.17, 15) is 13.2 Å². The van der Waals surface area contributed by atoms with E-state index in [0.717, 1.165) is 38.3 Å². The summed E-state index contributed by atoms with van der Waals surface area (Å²) in [6.45, 7) is 4.94. The summed E-state index contributed by atoms with van der Waals surface area (Å²) in [5, 5.41) is 6.03. The minimum Gasteiger partial charge on any atom is -0.370 e. The highest BCUT2D eigenvalue weighted by Gasteiger charge is 2.23. The van der Waals surface area contributed by atoms with Crippen LogP contribution in [0.4, 0.5) is 11.4 Å². The van der Waals surface area contributed by atoms with Crippen molar-refractivity contribution in [3.63, 3.8) is 0 Å². The molecule has 1 amide bonds. The van der Waals surface area contributed by atoms with E-state index in [2.05, 4.69) is 15.5 Å². The zero-order chi connectivity index (χ0) is 18.6. The molecule has 26 heavy (non-hydrogen) atoms. The van der Waals surface area contributed by atoms with Gasteiger partial charge in [0.25, 0.3) is 0 Å². The van der Waals surface area contributed by atoms with Crippen LogP contribution < -0.4 is 15.5 Å². The second-order valence-electron chi connectivity index (χ2n) is 6.27. The summed E-state index contributed by atoms with van der Waals surface area (Å²) in [6, 6.07) is 13.4. The van der Waals surface area contributed by atoms with Gasteiger partial charge in [0.05, 0.1) is 15.5 Å². The maximum atomic E-state index is 13.0. The van der Waals surface area contributed by atoms with Crippen LogP contribution in [0.2, 0.25) is 0 Å². The number of nitrogens with zero attached hydrogens (tertiary/aromatic N) is 1. The quantitative estimate of drug-likeness (QED) is 0.860. The molecule has 0 radical (unpaired) electrons. The minimum absolute atomic E-state index is 0.107. The average molecular weight is 373 g/mol. The number of carbonyl (C=O) groups excluding carboxylic acids is 1. The molecule has 2 aromatic carbocycles. The van der Waals surface area contributed by atoms with E-state index in [0.29, 0.717) is 5.69 Å². The first-order valence-corrected chi connectivity index (χ1v) is 10.1. The maximum absolute atomic E-state index is 13.0. The van der Waals surface area contributed by atoms with Crippen molar-refractivity contribution in [1.29, 1.82) is 0 Å². The number of amides is 1. The fourth-order valence-electron chi connectivity index (χ4n) is 3.07. The van der Waals surface area contributed by atoms with Crippen molar-refractivity contribution in [2.45, 2.75) is 23.1 Å². The van der Waals surface area contributed by atoms with E-state index < -0.39 is 9.84 Å². The van der Waals surface area contributed by atoms with Crippen molar-refractivity contribution in [1.82, 2.24) is 5.32 Å². The fraction of sp³-hybridized carbons (Fsp3) is 0.316. The molecular formula is C19H23N3O3S. The van der Waals surface area contributed by atoms with Crippen LogP contribution in [0.3, 0.4) is 0 Å². The number of benzene rings is 2. The SMILES string of the molecule is CC(=O)Nc1cc(N2CCCNCC2)ccc1S(=O)(=O)c1ccccc1. The van der Waals surface area contributed by atoms with Crippen LogP contribution >= 0.6 is 0 Å². The van der Waals surface area contributed by atoms with Crippen molar-refractivity contribution in [2.24, 2.45) is 0 Å². The Hall–Kier alpha value is -2.38. The minimum atomic E-state index is -3.72. The Bertz CT molecular complexity index is 874. The normalized spacial score (nSPS) is 15.3. The van der Waals surface area contributed by atoms with Crippen LogP contribution in [0, 0.1) is 0 Å². The monoisotopic (exact) mass is 373 g/mol. The van der Waals surface area contributed by atoms with Crippen molar-refractivity contribution in [2.75, 3.05) is 36.4 Å². The lowest BCUT2D eigenvalue weighted by molar-refractivity contribution is -0.114. The van der Waals surface area contributed by atoms with Crippen LogP contribution in [0.25, 0.3) is 0 Å². The molecule has 0 bridgehead atoms. The van der Waals surface area contributed by atoms with Gasteiger partial charge in [-0.2, -0.15) is 0 Å². The predicted octanol–water partition coefficient (Wildman–Crippen LogP) is 2.28. The molecule has 2 aromatic rings. The lowest BCUT2D eigenvalue weighted by Crippen LogP contribution is -2.28. The van der Waals surface area contributed by atoms with E-state index in [4.69, 9.17) is 0 Å². The topological polar surface area (TPSA) is 78.5 Å². The zero-order valence-electron chi connectivity index (χ0n) is 14.7. The van der Waals surface area contributed by atoms with Crippen molar-refractivity contribution in [3.05, 3.63) is 48.5 Å². The van der Waals surface area contributed by atoms with Gasteiger partial charge in [0.1, 0.15) is 0 Å². The summed E-state index contributed by atoms with van der Waals surface area (Å²) in [7, 11) is -3.72. The second-order valence-corrected chi connectivity index (χ2v) is 8.19. The summed E-state index contributed by atoms with van der Waals surface area (Å²) < 4.78 is 26.0. The molecule has 6 nitrogen and oxygen atoms in total. The third kappa shape index (κ3) is 4.05. The number of rotatable bonds is 4. The van der Waals surface area contributed by atoms with Gasteiger partial charge in [0, 0.05) is 32.2 Å². The van der Waals surface area contributed by atoms with E-state index >= 15 is 0 Å². The van der Waals surface area contributed by atoms with E-state index in [-0.39, 0.29) is 15.7 Å². The summed E-state index contributed by atoms with van der Waals surface area (Å²) in [6.07, 6.45) is 1.01. The van der Waals surface area contributed by atoms with Gasteiger partial charge in [-0.25, -0.2) is 8.42 Å². The first kappa shape index (κ1) is 18.4. The Morgan fingerprint density at radius 2 is 1.85 bits per heavy atom. The second kappa shape index (κ2) is 7.88. The van der Waals surface area contributed by atoms with Gasteiger partial charge in [0.15, 0.2) is 0 Å². The highest BCUT2D eigenvalue weighted by atomic mass is 32.2. The number of carbonyl (C=O) groups is 1. The van der Waals surface area contributed by atoms with E-state index in [1.807, 2.05) is 6.07 Å². The zero-order valence-corrected chi connectivity index (χ0v) is 15.6. The first-order chi connectivity index (χ1) is 12.5. The molecule has 138 valence electrons. The van der Waals surface area contributed by atoms with Crippen LogP contribution in [0.15, 0.2) is 58.3 Å². The van der Waals surface area contributed by atoms with Crippen molar-refractivity contribution >= 4 is 27.1 Å². The molecule has 2 N–H and O–H groups in total. The van der Waals surface area contributed by atoms with Crippen LogP contribution in [0.5, 0.6) is 0 Å². The van der Waals surface area contributed by atoms with Gasteiger partial charge in [0.2, 0.25) is 15.7 Å². The third-order valence-electron chi connectivity index (χ3n) is 4.32. The molecule has 0 aliphatic carbocycles. The number of nitrogens with one attached hydrogen (secondary N) is 2. The van der Waals surface area contributed by atoms with Gasteiger partial charge in [-0.05, 0) is 43.3 Å². The highest BCUT2D eigenvalue weighted by molar-refractivity contribution is 7.91. The maximum Gasteiger partial charge on any atom is 0.221 e. The van der Waals surface area contributed by atoms with Crippen molar-refractivity contribution < 1.29 is 13.2 Å². The largest absolute Gasteiger partial charge is 0.370 e. The molecule has 1 fully saturated rings. The highest BCUT2D eigenvalue weighted by Crippen LogP contribution is 2.31. The molecule has 7 heteroatoms. The van der Waals surface area contributed by atoms with E-state index in [1.165, 1.54) is 6.92 Å². The fourth-order valence-corrected chi connectivity index (χ4v) is 4.48. The van der Waals surface area contributed by atoms with Crippen LogP contribution in [0.1, 0.15) is 13.3 Å². The van der Waals surface area contributed by atoms with E-state index in [1.54, 1.807) is 42.5 Å². The summed E-state index contributed by atoms with van der Waals surface area (Å²) >= 11 is 0. The molecule has 0 spiro atoms. The predicted molar refractivity (Wildman–Crippen MR) is 102 cm³/mol. The molecule has 0 aromatic heterocycles. The Morgan fingerprint density at radius 1 is 1.08 bits per heavy atom. The molecule has 0 unspecified atom stereocenters. The van der Waals surface area contributed by atoms with Crippen LogP contribution in [-0.2, 0) is 14.6 Å². The molecule has 1 aliphatic heterocycles. The van der Waals surface area contributed by atoms with Gasteiger partial charge in [-0.15, -0.1) is 0 Å². The summed E-state index contributed by atoms with van der Waals surface area (Å²) in [4.78, 5) is 14.2. The lowest BCUT2D eigenvalue weighted by atomic mass is 10.2. The standard InChI is InChI=1S/C19H23N3O3S/c1-15(23)21-18-14-16(22-12-5-10-20-11-13-22)8-9-19(18)26(24,25)17-6-3-2-4-7-17/h2-4,6-9,14,20H,5,10-13H2,1H3,(H,21,23). The molecular weight excluding hydrogens is 350 g/mol. The first-order valence-electron chi connectivity index (χ1n) is 8.66. The average Bonchev–Trinajstić information content (AvgIpc) is 2.91. The van der Waals surface area contributed by atoms with Gasteiger partial charge >= 0.3 is 0 Å². The Kier molecular flexibility index (Phi) is 5.58. The Labute approximate surface area is 154 Å². The Balaban J connectivity index is 2.03. The summed E-state index contributed by atoms with van der Waals surface area (Å²) in [5.74, 6) is -0.302.